The van der Waals surface area contributed by atoms with Crippen molar-refractivity contribution < 1.29 is 9.18 Å². The maximum absolute atomic E-state index is 13.7. The van der Waals surface area contributed by atoms with E-state index in [1.54, 1.807) is 17.0 Å². The molecule has 92 valence electrons. The summed E-state index contributed by atoms with van der Waals surface area (Å²) in [5.41, 5.74) is 5.51. The highest BCUT2D eigenvalue weighted by Gasteiger charge is 2.07. The summed E-state index contributed by atoms with van der Waals surface area (Å²) in [5.74, 6) is -1.16. The zero-order valence-corrected chi connectivity index (χ0v) is 9.47. The number of hydrogen-bond donors (Lipinski definition) is 1. The van der Waals surface area contributed by atoms with Crippen molar-refractivity contribution in [1.82, 2.24) is 4.57 Å². The monoisotopic (exact) mass is 246 g/mol. The van der Waals surface area contributed by atoms with Crippen molar-refractivity contribution >= 4 is 5.91 Å². The van der Waals surface area contributed by atoms with Crippen LogP contribution in [0.25, 0.3) is 0 Å². The van der Waals surface area contributed by atoms with Crippen LogP contribution in [0.1, 0.15) is 15.9 Å². The number of aromatic nitrogens is 1. The molecule has 5 heteroatoms. The van der Waals surface area contributed by atoms with Gasteiger partial charge in [-0.3, -0.25) is 9.59 Å². The molecule has 0 fully saturated rings. The topological polar surface area (TPSA) is 65.1 Å². The summed E-state index contributed by atoms with van der Waals surface area (Å²) in [7, 11) is 0. The third-order valence-electron chi connectivity index (χ3n) is 2.55. The van der Waals surface area contributed by atoms with Crippen molar-refractivity contribution in [2.24, 2.45) is 5.73 Å². The highest BCUT2D eigenvalue weighted by Crippen LogP contribution is 2.11. The summed E-state index contributed by atoms with van der Waals surface area (Å²) in [6.07, 6.45) is 3.15. The molecule has 0 aliphatic carbocycles. The molecule has 0 radical (unpaired) electrons. The lowest BCUT2D eigenvalue weighted by atomic mass is 10.1. The van der Waals surface area contributed by atoms with E-state index in [2.05, 4.69) is 0 Å². The van der Waals surface area contributed by atoms with E-state index in [0.29, 0.717) is 5.56 Å². The van der Waals surface area contributed by atoms with Crippen LogP contribution in [0.4, 0.5) is 4.39 Å². The normalized spacial score (nSPS) is 10.3. The van der Waals surface area contributed by atoms with Crippen LogP contribution in [-0.2, 0) is 6.54 Å². The maximum Gasteiger partial charge on any atom is 0.248 e. The van der Waals surface area contributed by atoms with Gasteiger partial charge in [-0.05, 0) is 12.1 Å². The average Bonchev–Trinajstić information content (AvgIpc) is 2.34. The first kappa shape index (κ1) is 12.0. The highest BCUT2D eigenvalue weighted by molar-refractivity contribution is 5.92. The largest absolute Gasteiger partial charge is 0.366 e. The Bertz CT molecular complexity index is 629. The van der Waals surface area contributed by atoms with E-state index in [4.69, 9.17) is 5.73 Å². The number of nitrogens with zero attached hydrogens (tertiary/aromatic N) is 1. The fourth-order valence-corrected chi connectivity index (χ4v) is 1.57. The molecule has 18 heavy (non-hydrogen) atoms. The molecular formula is C13H11FN2O2. The molecule has 1 amide bonds. The molecule has 4 nitrogen and oxygen atoms in total. The van der Waals surface area contributed by atoms with E-state index in [9.17, 15) is 14.0 Å². The third-order valence-corrected chi connectivity index (χ3v) is 2.55. The Morgan fingerprint density at radius 3 is 2.44 bits per heavy atom. The number of benzene rings is 1. The Labute approximate surface area is 102 Å². The second kappa shape index (κ2) is 4.83. The van der Waals surface area contributed by atoms with Gasteiger partial charge in [0.1, 0.15) is 5.82 Å². The number of rotatable bonds is 3. The lowest BCUT2D eigenvalue weighted by molar-refractivity contribution is 0.1000. The second-order valence-corrected chi connectivity index (χ2v) is 3.88. The SMILES string of the molecule is NC(=O)c1ccc(Cn2ccc(=O)cc2)c(F)c1. The van der Waals surface area contributed by atoms with Gasteiger partial charge in [-0.2, -0.15) is 0 Å². The van der Waals surface area contributed by atoms with Crippen molar-refractivity contribution in [3.05, 3.63) is 69.9 Å². The van der Waals surface area contributed by atoms with Gasteiger partial charge >= 0.3 is 0 Å². The Morgan fingerprint density at radius 2 is 1.89 bits per heavy atom. The number of halogens is 1. The first-order valence-corrected chi connectivity index (χ1v) is 5.30. The second-order valence-electron chi connectivity index (χ2n) is 3.88. The molecule has 0 unspecified atom stereocenters. The molecule has 0 aliphatic heterocycles. The van der Waals surface area contributed by atoms with Gasteiger partial charge in [0.2, 0.25) is 5.91 Å². The summed E-state index contributed by atoms with van der Waals surface area (Å²) in [6.45, 7) is 0.283. The zero-order chi connectivity index (χ0) is 13.1. The molecule has 1 aromatic carbocycles. The van der Waals surface area contributed by atoms with Crippen LogP contribution >= 0.6 is 0 Å². The fraction of sp³-hybridized carbons (Fsp3) is 0.0769. The molecule has 2 rings (SSSR count). The van der Waals surface area contributed by atoms with Crippen LogP contribution in [0.5, 0.6) is 0 Å². The van der Waals surface area contributed by atoms with Crippen molar-refractivity contribution in [2.75, 3.05) is 0 Å². The van der Waals surface area contributed by atoms with E-state index in [1.807, 2.05) is 0 Å². The lowest BCUT2D eigenvalue weighted by Crippen LogP contribution is -2.12. The minimum absolute atomic E-state index is 0.101. The van der Waals surface area contributed by atoms with Crippen molar-refractivity contribution in [3.63, 3.8) is 0 Å². The van der Waals surface area contributed by atoms with Gasteiger partial charge in [0.25, 0.3) is 0 Å². The summed E-state index contributed by atoms with van der Waals surface area (Å²) >= 11 is 0. The molecule has 0 spiro atoms. The lowest BCUT2D eigenvalue weighted by Gasteiger charge is -2.07. The predicted molar refractivity (Wildman–Crippen MR) is 64.7 cm³/mol. The van der Waals surface area contributed by atoms with Gasteiger partial charge in [0.15, 0.2) is 5.43 Å². The van der Waals surface area contributed by atoms with E-state index in [0.717, 1.165) is 6.07 Å². The van der Waals surface area contributed by atoms with E-state index >= 15 is 0 Å². The molecule has 0 saturated heterocycles. The van der Waals surface area contributed by atoms with Crippen LogP contribution in [0, 0.1) is 5.82 Å². The first-order chi connectivity index (χ1) is 8.56. The Kier molecular flexibility index (Phi) is 3.23. The van der Waals surface area contributed by atoms with E-state index in [-0.39, 0.29) is 17.5 Å². The fourth-order valence-electron chi connectivity index (χ4n) is 1.57. The maximum atomic E-state index is 13.7. The van der Waals surface area contributed by atoms with Crippen LogP contribution in [0.15, 0.2) is 47.5 Å². The summed E-state index contributed by atoms with van der Waals surface area (Å²) < 4.78 is 15.4. The van der Waals surface area contributed by atoms with Crippen LogP contribution in [0.2, 0.25) is 0 Å². The van der Waals surface area contributed by atoms with Crippen LogP contribution in [0.3, 0.4) is 0 Å². The van der Waals surface area contributed by atoms with Gasteiger partial charge in [-0.25, -0.2) is 4.39 Å². The van der Waals surface area contributed by atoms with Gasteiger partial charge in [-0.1, -0.05) is 6.07 Å². The average molecular weight is 246 g/mol. The minimum atomic E-state index is -0.663. The predicted octanol–water partition coefficient (Wildman–Crippen LogP) is 1.13. The van der Waals surface area contributed by atoms with E-state index in [1.165, 1.54) is 24.3 Å². The Hall–Kier alpha value is -2.43. The standard InChI is InChI=1S/C13H11FN2O2/c14-12-7-9(13(15)18)1-2-10(12)8-16-5-3-11(17)4-6-16/h1-7H,8H2,(H2,15,18). The Morgan fingerprint density at radius 1 is 1.22 bits per heavy atom. The first-order valence-electron chi connectivity index (χ1n) is 5.30. The quantitative estimate of drug-likeness (QED) is 0.882. The van der Waals surface area contributed by atoms with Gasteiger partial charge in [-0.15, -0.1) is 0 Å². The van der Waals surface area contributed by atoms with Gasteiger partial charge in [0, 0.05) is 42.2 Å². The summed E-state index contributed by atoms with van der Waals surface area (Å²) in [5, 5.41) is 0. The number of primary amides is 1. The minimum Gasteiger partial charge on any atom is -0.366 e. The number of hydrogen-bond acceptors (Lipinski definition) is 2. The molecule has 0 bridgehead atoms. The number of nitrogens with two attached hydrogens (primary N) is 1. The van der Waals surface area contributed by atoms with Crippen molar-refractivity contribution in [2.45, 2.75) is 6.54 Å². The van der Waals surface area contributed by atoms with E-state index < -0.39 is 11.7 Å². The molecular weight excluding hydrogens is 235 g/mol. The van der Waals surface area contributed by atoms with Crippen molar-refractivity contribution in [3.8, 4) is 0 Å². The third kappa shape index (κ3) is 2.63. The molecule has 2 aromatic rings. The molecule has 0 saturated carbocycles. The smallest absolute Gasteiger partial charge is 0.248 e. The zero-order valence-electron chi connectivity index (χ0n) is 9.47. The van der Waals surface area contributed by atoms with Crippen molar-refractivity contribution in [1.29, 1.82) is 0 Å². The molecule has 0 aliphatic rings. The highest BCUT2D eigenvalue weighted by atomic mass is 19.1. The number of amides is 1. The number of carbonyl (C=O) groups excluding carboxylic acids is 1. The molecule has 1 aromatic heterocycles. The van der Waals surface area contributed by atoms with Gasteiger partial charge in [0.05, 0.1) is 0 Å². The number of carbonyl (C=O) groups is 1. The Balaban J connectivity index is 2.27. The summed E-state index contributed by atoms with van der Waals surface area (Å²) in [4.78, 5) is 21.8. The summed E-state index contributed by atoms with van der Waals surface area (Å²) in [6, 6.07) is 6.89. The van der Waals surface area contributed by atoms with Crippen LogP contribution in [-0.4, -0.2) is 10.5 Å². The number of pyridine rings is 1. The van der Waals surface area contributed by atoms with Crippen LogP contribution < -0.4 is 11.2 Å². The molecule has 1 heterocycles. The van der Waals surface area contributed by atoms with Gasteiger partial charge < -0.3 is 10.3 Å². The molecule has 2 N–H and O–H groups in total. The molecule has 0 atom stereocenters.